The Morgan fingerprint density at radius 1 is 1.25 bits per heavy atom. The highest BCUT2D eigenvalue weighted by Crippen LogP contribution is 2.27. The van der Waals surface area contributed by atoms with Crippen LogP contribution in [-0.2, 0) is 0 Å². The van der Waals surface area contributed by atoms with Crippen molar-refractivity contribution in [3.05, 3.63) is 50.6 Å². The van der Waals surface area contributed by atoms with Gasteiger partial charge in [0.1, 0.15) is 9.21 Å². The molecule has 0 unspecified atom stereocenters. The summed E-state index contributed by atoms with van der Waals surface area (Å²) in [4.78, 5) is 20.6. The Kier molecular flexibility index (Phi) is 3.82. The molecule has 1 aromatic carbocycles. The van der Waals surface area contributed by atoms with Gasteiger partial charge in [-0.25, -0.2) is 9.97 Å². The molecule has 0 radical (unpaired) electrons. The molecule has 0 saturated heterocycles. The Morgan fingerprint density at radius 2 is 2.05 bits per heavy atom. The molecule has 0 saturated carbocycles. The second-order valence-electron chi connectivity index (χ2n) is 3.93. The average Bonchev–Trinajstić information content (AvgIpc) is 2.86. The van der Waals surface area contributed by atoms with Crippen LogP contribution in [0.1, 0.15) is 10.4 Å². The summed E-state index contributed by atoms with van der Waals surface area (Å²) in [5, 5.41) is 5.55. The lowest BCUT2D eigenvalue weighted by Crippen LogP contribution is -2.13. The second kappa shape index (κ2) is 5.59. The number of carbonyl (C=O) groups excluding carboxylic acids is 1. The molecule has 1 N–H and O–H groups in total. The number of hydrogen-bond acceptors (Lipinski definition) is 4. The fourth-order valence-corrected chi connectivity index (χ4v) is 3.61. The lowest BCUT2D eigenvalue weighted by atomic mass is 10.2. The smallest absolute Gasteiger partial charge is 0.258 e. The first kappa shape index (κ1) is 13.7. The van der Waals surface area contributed by atoms with Crippen LogP contribution in [0.25, 0.3) is 10.1 Å². The second-order valence-corrected chi connectivity index (χ2v) is 6.41. The minimum atomic E-state index is -0.195. The van der Waals surface area contributed by atoms with E-state index < -0.39 is 0 Å². The molecule has 0 fully saturated rings. The third-order valence-electron chi connectivity index (χ3n) is 2.66. The molecule has 4 nitrogen and oxygen atoms in total. The quantitative estimate of drug-likeness (QED) is 0.675. The molecular formula is C13H7Br2N3OS. The van der Waals surface area contributed by atoms with Gasteiger partial charge in [-0.05, 0) is 37.9 Å². The third-order valence-corrected chi connectivity index (χ3v) is 4.56. The van der Waals surface area contributed by atoms with Crippen molar-refractivity contribution in [1.29, 1.82) is 0 Å². The number of nitrogens with zero attached hydrogens (tertiary/aromatic N) is 2. The van der Waals surface area contributed by atoms with Gasteiger partial charge >= 0.3 is 0 Å². The number of thiophene rings is 1. The number of fused-ring (bicyclic) bond motifs is 1. The summed E-state index contributed by atoms with van der Waals surface area (Å²) in [5.41, 5.74) is 0.641. The molecule has 100 valence electrons. The minimum Gasteiger partial charge on any atom is -0.304 e. The number of nitrogens with one attached hydrogen (secondary N) is 1. The number of carbonyl (C=O) groups is 1. The summed E-state index contributed by atoms with van der Waals surface area (Å²) in [6.45, 7) is 0. The fraction of sp³-hybridized carbons (Fsp3) is 0. The predicted molar refractivity (Wildman–Crippen MR) is 87.2 cm³/mol. The van der Waals surface area contributed by atoms with Gasteiger partial charge in [0.05, 0.1) is 11.8 Å². The molecule has 2 heterocycles. The number of hydrogen-bond donors (Lipinski definition) is 1. The van der Waals surface area contributed by atoms with Gasteiger partial charge < -0.3 is 5.32 Å². The Labute approximate surface area is 135 Å². The van der Waals surface area contributed by atoms with Gasteiger partial charge in [-0.2, -0.15) is 0 Å². The molecule has 0 spiro atoms. The van der Waals surface area contributed by atoms with Gasteiger partial charge in [-0.15, -0.1) is 11.3 Å². The summed E-state index contributed by atoms with van der Waals surface area (Å²) in [6, 6.07) is 7.80. The van der Waals surface area contributed by atoms with Gasteiger partial charge in [0.2, 0.25) is 0 Å². The number of amides is 1. The molecule has 0 aliphatic rings. The summed E-state index contributed by atoms with van der Waals surface area (Å²) >= 11 is 8.04. The van der Waals surface area contributed by atoms with E-state index >= 15 is 0 Å². The highest BCUT2D eigenvalue weighted by atomic mass is 79.9. The van der Waals surface area contributed by atoms with Crippen molar-refractivity contribution in [2.24, 2.45) is 0 Å². The van der Waals surface area contributed by atoms with Crippen LogP contribution in [0, 0.1) is 0 Å². The first-order chi connectivity index (χ1) is 9.65. The van der Waals surface area contributed by atoms with Crippen molar-refractivity contribution >= 4 is 65.0 Å². The molecule has 1 amide bonds. The molecule has 0 aliphatic heterocycles. The largest absolute Gasteiger partial charge is 0.304 e. The van der Waals surface area contributed by atoms with E-state index in [2.05, 4.69) is 47.1 Å². The molecule has 20 heavy (non-hydrogen) atoms. The van der Waals surface area contributed by atoms with Crippen molar-refractivity contribution in [3.63, 3.8) is 0 Å². The van der Waals surface area contributed by atoms with Crippen LogP contribution in [0.3, 0.4) is 0 Å². The summed E-state index contributed by atoms with van der Waals surface area (Å²) < 4.78 is 2.17. The maximum atomic E-state index is 12.3. The summed E-state index contributed by atoms with van der Waals surface area (Å²) in [6.07, 6.45) is 1.53. The predicted octanol–water partition coefficient (Wildman–Crippen LogP) is 4.47. The van der Waals surface area contributed by atoms with Gasteiger partial charge in [-0.1, -0.05) is 18.2 Å². The molecule has 7 heteroatoms. The zero-order chi connectivity index (χ0) is 14.1. The van der Waals surface area contributed by atoms with Gasteiger partial charge in [0.15, 0.2) is 5.82 Å². The monoisotopic (exact) mass is 411 g/mol. The van der Waals surface area contributed by atoms with E-state index in [1.54, 1.807) is 11.3 Å². The SMILES string of the molecule is O=C(Nc1ncc(Br)nc1Br)c1csc2ccccc12. The van der Waals surface area contributed by atoms with E-state index in [4.69, 9.17) is 0 Å². The zero-order valence-corrected chi connectivity index (χ0v) is 13.9. The first-order valence-electron chi connectivity index (χ1n) is 5.61. The number of anilines is 1. The third kappa shape index (κ3) is 2.61. The molecular weight excluding hydrogens is 406 g/mol. The number of halogens is 2. The maximum absolute atomic E-state index is 12.3. The topological polar surface area (TPSA) is 54.9 Å². The number of aromatic nitrogens is 2. The maximum Gasteiger partial charge on any atom is 0.258 e. The summed E-state index contributed by atoms with van der Waals surface area (Å²) in [7, 11) is 0. The normalized spacial score (nSPS) is 10.7. The van der Waals surface area contributed by atoms with Crippen molar-refractivity contribution in [1.82, 2.24) is 9.97 Å². The number of rotatable bonds is 2. The molecule has 2 aromatic heterocycles. The van der Waals surface area contributed by atoms with E-state index in [9.17, 15) is 4.79 Å². The van der Waals surface area contributed by atoms with Crippen LogP contribution in [-0.4, -0.2) is 15.9 Å². The van der Waals surface area contributed by atoms with Crippen molar-refractivity contribution in [3.8, 4) is 0 Å². The molecule has 0 bridgehead atoms. The van der Waals surface area contributed by atoms with E-state index in [1.807, 2.05) is 29.6 Å². The van der Waals surface area contributed by atoms with Gasteiger partial charge in [0.25, 0.3) is 5.91 Å². The van der Waals surface area contributed by atoms with E-state index in [1.165, 1.54) is 6.20 Å². The van der Waals surface area contributed by atoms with Crippen LogP contribution in [0.2, 0.25) is 0 Å². The lowest BCUT2D eigenvalue weighted by molar-refractivity contribution is 0.102. The van der Waals surface area contributed by atoms with E-state index in [0.29, 0.717) is 20.6 Å². The van der Waals surface area contributed by atoms with Crippen LogP contribution in [0.15, 0.2) is 45.0 Å². The van der Waals surface area contributed by atoms with Crippen LogP contribution in [0.4, 0.5) is 5.82 Å². The highest BCUT2D eigenvalue weighted by molar-refractivity contribution is 9.11. The van der Waals surface area contributed by atoms with Crippen molar-refractivity contribution in [2.75, 3.05) is 5.32 Å². The fourth-order valence-electron chi connectivity index (χ4n) is 1.76. The number of benzene rings is 1. The van der Waals surface area contributed by atoms with Crippen LogP contribution >= 0.6 is 43.2 Å². The standard InChI is InChI=1S/C13H7Br2N3OS/c14-10-5-16-12(11(15)17-10)18-13(19)8-6-20-9-4-2-1-3-7(8)9/h1-6H,(H,16,18,19). The Hall–Kier alpha value is -1.31. The molecule has 0 atom stereocenters. The van der Waals surface area contributed by atoms with E-state index in [0.717, 1.165) is 10.1 Å². The van der Waals surface area contributed by atoms with Crippen LogP contribution < -0.4 is 5.32 Å². The highest BCUT2D eigenvalue weighted by Gasteiger charge is 2.14. The van der Waals surface area contributed by atoms with Crippen LogP contribution in [0.5, 0.6) is 0 Å². The first-order valence-corrected chi connectivity index (χ1v) is 8.07. The Bertz CT molecular complexity index is 803. The Balaban J connectivity index is 1.93. The van der Waals surface area contributed by atoms with Gasteiger partial charge in [-0.3, -0.25) is 4.79 Å². The molecule has 0 aliphatic carbocycles. The minimum absolute atomic E-state index is 0.195. The Morgan fingerprint density at radius 3 is 2.85 bits per heavy atom. The molecule has 3 aromatic rings. The zero-order valence-electron chi connectivity index (χ0n) is 9.93. The van der Waals surface area contributed by atoms with Gasteiger partial charge in [0, 0.05) is 15.5 Å². The average molecular weight is 413 g/mol. The van der Waals surface area contributed by atoms with Crippen molar-refractivity contribution in [2.45, 2.75) is 0 Å². The van der Waals surface area contributed by atoms with Crippen molar-refractivity contribution < 1.29 is 4.79 Å². The van der Waals surface area contributed by atoms with E-state index in [-0.39, 0.29) is 5.91 Å². The molecule has 3 rings (SSSR count). The lowest BCUT2D eigenvalue weighted by Gasteiger charge is -2.05. The summed E-state index contributed by atoms with van der Waals surface area (Å²) in [5.74, 6) is 0.202.